The first kappa shape index (κ1) is 17.5. The van der Waals surface area contributed by atoms with Crippen LogP contribution in [0.15, 0.2) is 6.07 Å². The van der Waals surface area contributed by atoms with Crippen molar-refractivity contribution in [2.24, 2.45) is 7.05 Å². The third-order valence-corrected chi connectivity index (χ3v) is 4.45. The van der Waals surface area contributed by atoms with Gasteiger partial charge in [-0.2, -0.15) is 5.10 Å². The Morgan fingerprint density at radius 1 is 1.48 bits per heavy atom. The molecule has 7 heteroatoms. The van der Waals surface area contributed by atoms with Gasteiger partial charge in [-0.15, -0.1) is 0 Å². The van der Waals surface area contributed by atoms with Gasteiger partial charge in [0.2, 0.25) is 0 Å². The van der Waals surface area contributed by atoms with Crippen molar-refractivity contribution in [1.29, 1.82) is 0 Å². The number of amides is 1. The molecule has 23 heavy (non-hydrogen) atoms. The van der Waals surface area contributed by atoms with Crippen LogP contribution in [0.2, 0.25) is 0 Å². The Morgan fingerprint density at radius 2 is 2.13 bits per heavy atom. The molecule has 0 spiro atoms. The highest BCUT2D eigenvalue weighted by atomic mass is 16.4. The Balaban J connectivity index is 1.86. The lowest BCUT2D eigenvalue weighted by Crippen LogP contribution is -2.54. The molecule has 1 aromatic heterocycles. The predicted octanol–water partition coefficient (Wildman–Crippen LogP) is 1.21. The van der Waals surface area contributed by atoms with Gasteiger partial charge in [-0.25, -0.2) is 0 Å². The van der Waals surface area contributed by atoms with Crippen LogP contribution in [0.3, 0.4) is 0 Å². The van der Waals surface area contributed by atoms with Crippen LogP contribution in [0.1, 0.15) is 55.7 Å². The van der Waals surface area contributed by atoms with E-state index in [9.17, 15) is 9.59 Å². The van der Waals surface area contributed by atoms with Crippen LogP contribution in [0.5, 0.6) is 0 Å². The number of carboxylic acid groups (broad SMARTS) is 1. The van der Waals surface area contributed by atoms with Crippen LogP contribution >= 0.6 is 0 Å². The molecular weight excluding hydrogens is 296 g/mol. The molecule has 0 radical (unpaired) electrons. The summed E-state index contributed by atoms with van der Waals surface area (Å²) in [5.74, 6) is -0.650. The summed E-state index contributed by atoms with van der Waals surface area (Å²) in [5, 5.41) is 16.1. The highest BCUT2D eigenvalue weighted by Gasteiger charge is 2.35. The average molecular weight is 322 g/mol. The first-order valence-electron chi connectivity index (χ1n) is 8.12. The molecule has 128 valence electrons. The second kappa shape index (κ2) is 7.12. The second-order valence-electron chi connectivity index (χ2n) is 6.49. The summed E-state index contributed by atoms with van der Waals surface area (Å²) in [6.07, 6.45) is 1.58. The molecule has 1 saturated carbocycles. The smallest absolute Gasteiger partial charge is 0.317 e. The number of carbonyl (C=O) groups excluding carboxylic acids is 1. The fourth-order valence-corrected chi connectivity index (χ4v) is 3.07. The Morgan fingerprint density at radius 3 is 2.61 bits per heavy atom. The lowest BCUT2D eigenvalue weighted by molar-refractivity contribution is -0.139. The Bertz CT molecular complexity index is 576. The van der Waals surface area contributed by atoms with Crippen molar-refractivity contribution in [3.63, 3.8) is 0 Å². The van der Waals surface area contributed by atoms with Gasteiger partial charge in [-0.3, -0.25) is 19.2 Å². The van der Waals surface area contributed by atoms with Crippen LogP contribution in [-0.4, -0.2) is 56.8 Å². The summed E-state index contributed by atoms with van der Waals surface area (Å²) in [7, 11) is 1.84. The fourth-order valence-electron chi connectivity index (χ4n) is 3.07. The quantitative estimate of drug-likeness (QED) is 0.788. The van der Waals surface area contributed by atoms with Crippen molar-refractivity contribution in [2.75, 3.05) is 13.1 Å². The van der Waals surface area contributed by atoms with Crippen molar-refractivity contribution in [3.05, 3.63) is 17.5 Å². The Kier molecular flexibility index (Phi) is 5.41. The first-order valence-corrected chi connectivity index (χ1v) is 8.12. The van der Waals surface area contributed by atoms with Gasteiger partial charge in [-0.1, -0.05) is 20.8 Å². The van der Waals surface area contributed by atoms with E-state index in [4.69, 9.17) is 5.11 Å². The monoisotopic (exact) mass is 322 g/mol. The van der Waals surface area contributed by atoms with E-state index in [1.165, 1.54) is 0 Å². The van der Waals surface area contributed by atoms with E-state index in [1.54, 1.807) is 4.68 Å². The molecule has 1 heterocycles. The Hall–Kier alpha value is -1.89. The summed E-state index contributed by atoms with van der Waals surface area (Å²) in [6.45, 7) is 6.85. The number of aryl methyl sites for hydroxylation is 1. The van der Waals surface area contributed by atoms with E-state index in [0.717, 1.165) is 18.5 Å². The number of aliphatic carboxylic acids is 1. The van der Waals surface area contributed by atoms with Gasteiger partial charge in [0, 0.05) is 24.8 Å². The van der Waals surface area contributed by atoms with Gasteiger partial charge in [0.15, 0.2) is 0 Å². The van der Waals surface area contributed by atoms with Crippen molar-refractivity contribution in [3.8, 4) is 0 Å². The standard InChI is InChI=1S/C16H26N4O3/c1-5-20(9-15(21)22)12-6-11(7-12)17-16(23)13-8-14(10(2)3)19(4)18-13/h8,10-12H,5-7,9H2,1-4H3,(H,17,23)(H,21,22). The summed E-state index contributed by atoms with van der Waals surface area (Å²) < 4.78 is 1.74. The zero-order valence-electron chi connectivity index (χ0n) is 14.2. The molecule has 0 aromatic carbocycles. The normalized spacial score (nSPS) is 20.6. The number of likely N-dealkylation sites (N-methyl/N-ethyl adjacent to an activating group) is 1. The molecule has 0 unspecified atom stereocenters. The van der Waals surface area contributed by atoms with Crippen LogP contribution in [0.4, 0.5) is 0 Å². The van der Waals surface area contributed by atoms with Crippen molar-refractivity contribution in [2.45, 2.75) is 51.6 Å². The van der Waals surface area contributed by atoms with Gasteiger partial charge in [0.25, 0.3) is 5.91 Å². The number of hydrogen-bond donors (Lipinski definition) is 2. The molecule has 0 aliphatic heterocycles. The number of hydrogen-bond acceptors (Lipinski definition) is 4. The van der Waals surface area contributed by atoms with Crippen molar-refractivity contribution in [1.82, 2.24) is 20.0 Å². The van der Waals surface area contributed by atoms with Gasteiger partial charge >= 0.3 is 5.97 Å². The molecule has 1 aromatic rings. The van der Waals surface area contributed by atoms with E-state index in [1.807, 2.05) is 24.9 Å². The topological polar surface area (TPSA) is 87.5 Å². The van der Waals surface area contributed by atoms with Gasteiger partial charge in [0.1, 0.15) is 5.69 Å². The second-order valence-corrected chi connectivity index (χ2v) is 6.49. The minimum Gasteiger partial charge on any atom is -0.480 e. The third kappa shape index (κ3) is 4.10. The van der Waals surface area contributed by atoms with Crippen LogP contribution in [-0.2, 0) is 11.8 Å². The van der Waals surface area contributed by atoms with E-state index in [-0.39, 0.29) is 24.5 Å². The van der Waals surface area contributed by atoms with E-state index in [2.05, 4.69) is 24.3 Å². The summed E-state index contributed by atoms with van der Waals surface area (Å²) in [6, 6.07) is 2.16. The number of rotatable bonds is 7. The number of carboxylic acids is 1. The predicted molar refractivity (Wildman–Crippen MR) is 86.5 cm³/mol. The lowest BCUT2D eigenvalue weighted by atomic mass is 9.85. The zero-order chi connectivity index (χ0) is 17.1. The summed E-state index contributed by atoms with van der Waals surface area (Å²) in [5.41, 5.74) is 1.47. The molecule has 0 atom stereocenters. The maximum absolute atomic E-state index is 12.3. The number of carbonyl (C=O) groups is 2. The van der Waals surface area contributed by atoms with E-state index in [0.29, 0.717) is 18.2 Å². The highest BCUT2D eigenvalue weighted by molar-refractivity contribution is 5.92. The van der Waals surface area contributed by atoms with Crippen LogP contribution in [0.25, 0.3) is 0 Å². The largest absolute Gasteiger partial charge is 0.480 e. The lowest BCUT2D eigenvalue weighted by Gasteiger charge is -2.42. The average Bonchev–Trinajstić information content (AvgIpc) is 2.82. The van der Waals surface area contributed by atoms with Gasteiger partial charge in [0.05, 0.1) is 6.54 Å². The van der Waals surface area contributed by atoms with E-state index >= 15 is 0 Å². The Labute approximate surface area is 136 Å². The minimum absolute atomic E-state index is 0.0554. The molecule has 1 aliphatic carbocycles. The zero-order valence-corrected chi connectivity index (χ0v) is 14.2. The fraction of sp³-hybridized carbons (Fsp3) is 0.688. The molecule has 2 N–H and O–H groups in total. The van der Waals surface area contributed by atoms with Crippen LogP contribution in [0, 0.1) is 0 Å². The van der Waals surface area contributed by atoms with Crippen molar-refractivity contribution < 1.29 is 14.7 Å². The maximum atomic E-state index is 12.3. The molecule has 0 bridgehead atoms. The van der Waals surface area contributed by atoms with Gasteiger partial charge < -0.3 is 10.4 Å². The first-order chi connectivity index (χ1) is 10.8. The molecule has 7 nitrogen and oxygen atoms in total. The van der Waals surface area contributed by atoms with Crippen LogP contribution < -0.4 is 5.32 Å². The summed E-state index contributed by atoms with van der Waals surface area (Å²) >= 11 is 0. The summed E-state index contributed by atoms with van der Waals surface area (Å²) in [4.78, 5) is 25.0. The highest BCUT2D eigenvalue weighted by Crippen LogP contribution is 2.26. The maximum Gasteiger partial charge on any atom is 0.317 e. The SMILES string of the molecule is CCN(CC(=O)O)C1CC(NC(=O)c2cc(C(C)C)n(C)n2)C1. The van der Waals surface area contributed by atoms with E-state index < -0.39 is 5.97 Å². The van der Waals surface area contributed by atoms with Crippen molar-refractivity contribution >= 4 is 11.9 Å². The van der Waals surface area contributed by atoms with Gasteiger partial charge in [-0.05, 0) is 31.4 Å². The number of nitrogens with zero attached hydrogens (tertiary/aromatic N) is 3. The molecule has 1 aliphatic rings. The molecule has 1 amide bonds. The minimum atomic E-state index is -0.811. The molecule has 1 fully saturated rings. The molecule has 2 rings (SSSR count). The molecule has 0 saturated heterocycles. The third-order valence-electron chi connectivity index (χ3n) is 4.45. The number of nitrogens with one attached hydrogen (secondary N) is 1. The number of aromatic nitrogens is 2. The molecular formula is C16H26N4O3.